The van der Waals surface area contributed by atoms with Crippen LogP contribution in [0.1, 0.15) is 84.3 Å². The van der Waals surface area contributed by atoms with E-state index < -0.39 is 57.3 Å². The van der Waals surface area contributed by atoms with Crippen molar-refractivity contribution in [1.29, 1.82) is 0 Å². The van der Waals surface area contributed by atoms with Crippen molar-refractivity contribution in [2.75, 3.05) is 4.47 Å². The maximum Gasteiger partial charge on any atom is 0.422 e. The van der Waals surface area contributed by atoms with Crippen LogP contribution in [-0.2, 0) is 41.9 Å². The first kappa shape index (κ1) is 36.9. The number of nitrogens with one attached hydrogen (secondary N) is 3. The van der Waals surface area contributed by atoms with Gasteiger partial charge >= 0.3 is 34.5 Å². The number of hydrogen-bond donors (Lipinski definition) is 3. The van der Waals surface area contributed by atoms with Crippen LogP contribution in [-0.4, -0.2) is 47.7 Å². The molecule has 3 aromatic rings. The number of H-pyrrole nitrogens is 1. The molecule has 1 aromatic heterocycles. The van der Waals surface area contributed by atoms with E-state index in [0.29, 0.717) is 12.0 Å². The summed E-state index contributed by atoms with van der Waals surface area (Å²) in [5.41, 5.74) is -2.09. The second-order valence-corrected chi connectivity index (χ2v) is 14.0. The number of anilines is 1. The highest BCUT2D eigenvalue weighted by molar-refractivity contribution is 7.91. The van der Waals surface area contributed by atoms with E-state index in [1.165, 1.54) is 51.1 Å². The van der Waals surface area contributed by atoms with Crippen molar-refractivity contribution in [1.82, 2.24) is 20.0 Å². The number of fused-ring (bicyclic) bond motifs is 1. The Morgan fingerprint density at radius 3 is 2.09 bits per heavy atom. The zero-order chi connectivity index (χ0) is 35.4. The van der Waals surface area contributed by atoms with E-state index in [1.54, 1.807) is 32.4 Å². The molecule has 0 spiro atoms. The lowest BCUT2D eigenvalue weighted by Crippen LogP contribution is -2.46. The van der Waals surface area contributed by atoms with Gasteiger partial charge in [-0.05, 0) is 83.9 Å². The number of nitrogens with zero attached hydrogens (tertiary/aromatic N) is 2. The highest BCUT2D eigenvalue weighted by atomic mass is 32.2. The zero-order valence-corrected chi connectivity index (χ0v) is 27.8. The van der Waals surface area contributed by atoms with E-state index >= 15 is 0 Å². The average molecular weight is 686 g/mol. The minimum absolute atomic E-state index is 0.0179. The summed E-state index contributed by atoms with van der Waals surface area (Å²) < 4.78 is 78.5. The number of aromatic nitrogens is 2. The van der Waals surface area contributed by atoms with E-state index in [-0.39, 0.29) is 39.9 Å². The molecule has 2 aromatic carbocycles. The van der Waals surface area contributed by atoms with Crippen molar-refractivity contribution in [3.05, 3.63) is 59.4 Å². The molecule has 0 bridgehead atoms. The molecule has 258 valence electrons. The van der Waals surface area contributed by atoms with Gasteiger partial charge in [-0.1, -0.05) is 23.5 Å². The number of halogens is 3. The molecular weight excluding hydrogens is 647 g/mol. The first-order valence-electron chi connectivity index (χ1n) is 14.5. The van der Waals surface area contributed by atoms with Gasteiger partial charge in [-0.2, -0.15) is 26.3 Å². The molecule has 3 N–H and O–H groups in total. The van der Waals surface area contributed by atoms with Gasteiger partial charge in [0.2, 0.25) is 0 Å². The van der Waals surface area contributed by atoms with Gasteiger partial charge in [0.05, 0.1) is 28.3 Å². The summed E-state index contributed by atoms with van der Waals surface area (Å²) >= 11 is 0. The van der Waals surface area contributed by atoms with Gasteiger partial charge in [-0.3, -0.25) is 0 Å². The number of alkyl carbamates (subject to hydrolysis) is 1. The fourth-order valence-electron chi connectivity index (χ4n) is 4.05. The summed E-state index contributed by atoms with van der Waals surface area (Å²) in [6.07, 6.45) is -6.43. The number of aromatic amines is 1. The van der Waals surface area contributed by atoms with Crippen LogP contribution in [0.2, 0.25) is 0 Å². The Balaban J connectivity index is 1.95. The number of rotatable bonds is 10. The highest BCUT2D eigenvalue weighted by Gasteiger charge is 2.33. The lowest BCUT2D eigenvalue weighted by molar-refractivity contribution is -0.143. The van der Waals surface area contributed by atoms with Gasteiger partial charge < -0.3 is 24.6 Å². The molecule has 0 aliphatic heterocycles. The van der Waals surface area contributed by atoms with Crippen molar-refractivity contribution in [3.63, 3.8) is 0 Å². The lowest BCUT2D eigenvalue weighted by Gasteiger charge is -2.25. The minimum atomic E-state index is -4.80. The molecule has 0 saturated heterocycles. The maximum atomic E-state index is 13.3. The number of ether oxygens (including phenoxy) is 2. The second kappa shape index (κ2) is 14.1. The maximum absolute atomic E-state index is 13.3. The molecule has 0 aliphatic carbocycles. The Kier molecular flexibility index (Phi) is 11.1. The molecule has 0 saturated carbocycles. The van der Waals surface area contributed by atoms with Crippen LogP contribution in [0.15, 0.2) is 42.5 Å². The second-order valence-electron chi connectivity index (χ2n) is 12.5. The molecule has 1 heterocycles. The zero-order valence-electron chi connectivity index (χ0n) is 26.9. The topological polar surface area (TPSA) is 169 Å². The van der Waals surface area contributed by atoms with E-state index in [0.717, 1.165) is 12.1 Å². The number of alkyl halides is 3. The number of hydrogen-bond acceptors (Lipinski definition) is 9. The fraction of sp³-hybridized carbons (Fsp3) is 0.467. The van der Waals surface area contributed by atoms with Crippen LogP contribution < -0.4 is 14.5 Å². The summed E-state index contributed by atoms with van der Waals surface area (Å²) in [6.45, 7) is 11.3. The van der Waals surface area contributed by atoms with Crippen LogP contribution >= 0.6 is 0 Å². The predicted octanol–water partition coefficient (Wildman–Crippen LogP) is 6.22. The summed E-state index contributed by atoms with van der Waals surface area (Å²) in [5.74, 6) is -0.750. The third-order valence-corrected chi connectivity index (χ3v) is 7.05. The average Bonchev–Trinajstić information content (AvgIpc) is 3.33. The molecule has 0 radical (unpaired) electrons. The summed E-state index contributed by atoms with van der Waals surface area (Å²) in [6, 6.07) is 7.59. The third-order valence-electron chi connectivity index (χ3n) is 5.90. The molecular formula is C30H38F3N5O8S. The van der Waals surface area contributed by atoms with Gasteiger partial charge in [0.1, 0.15) is 17.0 Å². The highest BCUT2D eigenvalue weighted by Crippen LogP contribution is 2.32. The molecule has 0 aliphatic rings. The third kappa shape index (κ3) is 11.0. The predicted molar refractivity (Wildman–Crippen MR) is 165 cm³/mol. The molecule has 3 rings (SSSR count). The van der Waals surface area contributed by atoms with Crippen molar-refractivity contribution in [2.45, 2.75) is 91.1 Å². The normalized spacial score (nSPS) is 13.1. The van der Waals surface area contributed by atoms with Gasteiger partial charge in [0.25, 0.3) is 0 Å². The summed E-state index contributed by atoms with van der Waals surface area (Å²) in [7, 11) is -4.80. The molecule has 13 nitrogen and oxygen atoms in total. The van der Waals surface area contributed by atoms with Gasteiger partial charge in [0.15, 0.2) is 0 Å². The summed E-state index contributed by atoms with van der Waals surface area (Å²) in [4.78, 5) is 49.6. The van der Waals surface area contributed by atoms with Crippen molar-refractivity contribution < 1.29 is 50.3 Å². The Morgan fingerprint density at radius 1 is 0.936 bits per heavy atom. The van der Waals surface area contributed by atoms with E-state index in [2.05, 4.69) is 15.3 Å². The SMILES string of the molecule is CCCC(=O)ON(c1ccc(C[C@H](NC(=O)OC(C)(C)C)c2nc3ccc(C(F)(F)F)cc3[nH]2)cc1)S(=O)(=O)NC(=O)OC(C)(C)C. The van der Waals surface area contributed by atoms with Crippen molar-refractivity contribution in [2.24, 2.45) is 0 Å². The molecule has 0 fully saturated rings. The van der Waals surface area contributed by atoms with Crippen LogP contribution in [0, 0.1) is 0 Å². The van der Waals surface area contributed by atoms with Crippen molar-refractivity contribution >= 4 is 45.1 Å². The molecule has 2 amide bonds. The Labute approximate surface area is 270 Å². The van der Waals surface area contributed by atoms with E-state index in [4.69, 9.17) is 14.3 Å². The van der Waals surface area contributed by atoms with Crippen LogP contribution in [0.25, 0.3) is 11.0 Å². The Hall–Kier alpha value is -4.54. The number of carbonyl (C=O) groups excluding carboxylic acids is 3. The fourth-order valence-corrected chi connectivity index (χ4v) is 4.97. The molecule has 47 heavy (non-hydrogen) atoms. The first-order valence-corrected chi connectivity index (χ1v) is 15.9. The number of amides is 2. The van der Waals surface area contributed by atoms with Gasteiger partial charge in [0, 0.05) is 12.8 Å². The van der Waals surface area contributed by atoms with E-state index in [1.807, 2.05) is 0 Å². The molecule has 17 heteroatoms. The first-order chi connectivity index (χ1) is 21.6. The molecule has 0 unspecified atom stereocenters. The minimum Gasteiger partial charge on any atom is -0.444 e. The standard InChI is InChI=1S/C30H38F3N5O8S/c1-8-9-24(39)46-38(47(42,43)37-27(41)45-29(5,6)7)20-13-10-18(11-14-20)16-23(36-26(40)44-28(2,3)4)25-34-21-15-12-19(30(31,32)33)17-22(21)35-25/h10-15,17,23H,8-9,16H2,1-7H3,(H,34,35)(H,36,40)(H,37,41)/t23-/m0/s1. The van der Waals surface area contributed by atoms with Gasteiger partial charge in [-0.15, -0.1) is 0 Å². The Bertz CT molecular complexity index is 1700. The monoisotopic (exact) mass is 685 g/mol. The lowest BCUT2D eigenvalue weighted by atomic mass is 10.1. The quantitative estimate of drug-likeness (QED) is 0.210. The largest absolute Gasteiger partial charge is 0.444 e. The smallest absolute Gasteiger partial charge is 0.422 e. The number of carbonyl (C=O) groups is 3. The van der Waals surface area contributed by atoms with Crippen LogP contribution in [0.3, 0.4) is 0 Å². The van der Waals surface area contributed by atoms with Gasteiger partial charge in [-0.25, -0.2) is 19.4 Å². The van der Waals surface area contributed by atoms with Crippen LogP contribution in [0.4, 0.5) is 28.4 Å². The molecule has 1 atom stereocenters. The summed E-state index contributed by atoms with van der Waals surface area (Å²) in [5, 5.41) is 2.67. The number of benzene rings is 2. The van der Waals surface area contributed by atoms with Crippen LogP contribution in [0.5, 0.6) is 0 Å². The van der Waals surface area contributed by atoms with Crippen molar-refractivity contribution in [3.8, 4) is 0 Å². The number of imidazole rings is 1. The Morgan fingerprint density at radius 2 is 1.53 bits per heavy atom. The van der Waals surface area contributed by atoms with E-state index in [9.17, 15) is 36.0 Å².